The smallest absolute Gasteiger partial charge is 0.263 e. The number of rotatable bonds is 4. The highest BCUT2D eigenvalue weighted by Crippen LogP contribution is 2.30. The summed E-state index contributed by atoms with van der Waals surface area (Å²) in [6.45, 7) is 0. The maximum absolute atomic E-state index is 12.3. The van der Waals surface area contributed by atoms with Crippen LogP contribution in [0.15, 0.2) is 51.8 Å². The Morgan fingerprint density at radius 2 is 1.90 bits per heavy atom. The molecule has 7 heteroatoms. The third kappa shape index (κ3) is 3.26. The van der Waals surface area contributed by atoms with Crippen molar-refractivity contribution in [2.24, 2.45) is 0 Å². The number of hydrogen-bond acceptors (Lipinski definition) is 3. The Hall–Kier alpha value is -1.24. The van der Waals surface area contributed by atoms with Crippen LogP contribution in [0.1, 0.15) is 0 Å². The molecule has 0 aliphatic heterocycles. The second-order valence-electron chi connectivity index (χ2n) is 3.88. The Bertz CT molecular complexity index is 734. The van der Waals surface area contributed by atoms with Crippen LogP contribution in [0.25, 0.3) is 0 Å². The van der Waals surface area contributed by atoms with Gasteiger partial charge < -0.3 is 4.74 Å². The summed E-state index contributed by atoms with van der Waals surface area (Å²) < 4.78 is 32.9. The first-order valence-corrected chi connectivity index (χ1v) is 8.20. The molecule has 0 aliphatic rings. The molecule has 0 radical (unpaired) electrons. The second-order valence-corrected chi connectivity index (χ2v) is 6.85. The van der Waals surface area contributed by atoms with E-state index in [9.17, 15) is 8.42 Å². The summed E-state index contributed by atoms with van der Waals surface area (Å²) in [4.78, 5) is 0.00766. The molecule has 0 fully saturated rings. The first-order valence-electron chi connectivity index (χ1n) is 5.55. The van der Waals surface area contributed by atoms with Crippen LogP contribution >= 0.6 is 27.5 Å². The molecule has 2 aromatic carbocycles. The number of hydrogen-bond donors (Lipinski definition) is 1. The van der Waals surface area contributed by atoms with Gasteiger partial charge in [0, 0.05) is 4.47 Å². The van der Waals surface area contributed by atoms with Crippen molar-refractivity contribution >= 4 is 43.2 Å². The highest BCUT2D eigenvalue weighted by Gasteiger charge is 2.19. The Kier molecular flexibility index (Phi) is 4.57. The lowest BCUT2D eigenvalue weighted by molar-refractivity contribution is 0.417. The number of nitrogens with one attached hydrogen (secondary N) is 1. The van der Waals surface area contributed by atoms with E-state index in [0.29, 0.717) is 15.9 Å². The molecule has 0 saturated heterocycles. The average molecular weight is 377 g/mol. The summed E-state index contributed by atoms with van der Waals surface area (Å²) in [6, 6.07) is 11.3. The molecule has 0 saturated carbocycles. The molecule has 0 bridgehead atoms. The van der Waals surface area contributed by atoms with Crippen LogP contribution in [0, 0.1) is 0 Å². The quantitative estimate of drug-likeness (QED) is 0.880. The van der Waals surface area contributed by atoms with Gasteiger partial charge >= 0.3 is 0 Å². The molecular formula is C13H11BrClNO3S. The van der Waals surface area contributed by atoms with Crippen LogP contribution in [0.3, 0.4) is 0 Å². The molecule has 0 spiro atoms. The van der Waals surface area contributed by atoms with Gasteiger partial charge in [-0.05, 0) is 30.3 Å². The van der Waals surface area contributed by atoms with Crippen LogP contribution in [0.5, 0.6) is 5.75 Å². The molecule has 1 N–H and O–H groups in total. The molecule has 0 aliphatic carbocycles. The third-order valence-corrected chi connectivity index (χ3v) is 4.88. The minimum atomic E-state index is -3.78. The fourth-order valence-electron chi connectivity index (χ4n) is 1.62. The molecule has 106 valence electrons. The molecule has 4 nitrogen and oxygen atoms in total. The maximum Gasteiger partial charge on any atom is 0.263 e. The van der Waals surface area contributed by atoms with E-state index >= 15 is 0 Å². The van der Waals surface area contributed by atoms with E-state index in [0.717, 1.165) is 0 Å². The zero-order chi connectivity index (χ0) is 14.8. The van der Waals surface area contributed by atoms with E-state index in [4.69, 9.17) is 16.3 Å². The van der Waals surface area contributed by atoms with Gasteiger partial charge in [-0.3, -0.25) is 4.72 Å². The van der Waals surface area contributed by atoms with Crippen molar-refractivity contribution < 1.29 is 13.2 Å². The van der Waals surface area contributed by atoms with Gasteiger partial charge in [0.05, 0.1) is 17.8 Å². The summed E-state index contributed by atoms with van der Waals surface area (Å²) in [5.74, 6) is 0.435. The van der Waals surface area contributed by atoms with Gasteiger partial charge in [-0.15, -0.1) is 0 Å². The zero-order valence-corrected chi connectivity index (χ0v) is 13.6. The van der Waals surface area contributed by atoms with Gasteiger partial charge in [0.2, 0.25) is 0 Å². The number of ether oxygens (including phenoxy) is 1. The van der Waals surface area contributed by atoms with Crippen molar-refractivity contribution in [2.45, 2.75) is 4.90 Å². The molecule has 0 amide bonds. The maximum atomic E-state index is 12.3. The minimum Gasteiger partial charge on any atom is -0.495 e. The lowest BCUT2D eigenvalue weighted by atomic mass is 10.3. The van der Waals surface area contributed by atoms with E-state index in [2.05, 4.69) is 20.7 Å². The number of halogens is 2. The summed E-state index contributed by atoms with van der Waals surface area (Å²) in [7, 11) is -2.30. The lowest BCUT2D eigenvalue weighted by Crippen LogP contribution is -2.14. The van der Waals surface area contributed by atoms with Gasteiger partial charge in [-0.1, -0.05) is 39.7 Å². The molecule has 20 heavy (non-hydrogen) atoms. The van der Waals surface area contributed by atoms with E-state index in [1.807, 2.05) is 0 Å². The van der Waals surface area contributed by atoms with E-state index < -0.39 is 10.0 Å². The van der Waals surface area contributed by atoms with Crippen LogP contribution in [0.4, 0.5) is 5.69 Å². The predicted octanol–water partition coefficient (Wildman–Crippen LogP) is 3.91. The molecule has 0 aromatic heterocycles. The van der Waals surface area contributed by atoms with Gasteiger partial charge in [-0.2, -0.15) is 0 Å². The van der Waals surface area contributed by atoms with Crippen molar-refractivity contribution in [3.8, 4) is 5.75 Å². The fraction of sp³-hybridized carbons (Fsp3) is 0.0769. The lowest BCUT2D eigenvalue weighted by Gasteiger charge is -2.12. The molecule has 0 heterocycles. The molecule has 2 aromatic rings. The molecule has 2 rings (SSSR count). The van der Waals surface area contributed by atoms with Gasteiger partial charge in [0.1, 0.15) is 10.6 Å². The van der Waals surface area contributed by atoms with Gasteiger partial charge in [0.15, 0.2) is 0 Å². The van der Waals surface area contributed by atoms with Crippen LogP contribution in [-0.2, 0) is 10.0 Å². The molecular weight excluding hydrogens is 366 g/mol. The number of sulfonamides is 1. The summed E-state index contributed by atoms with van der Waals surface area (Å²) in [5.41, 5.74) is 0.356. The normalized spacial score (nSPS) is 11.2. The van der Waals surface area contributed by atoms with Crippen LogP contribution in [0.2, 0.25) is 5.02 Å². The fourth-order valence-corrected chi connectivity index (χ4v) is 3.73. The van der Waals surface area contributed by atoms with Crippen LogP contribution in [-0.4, -0.2) is 15.5 Å². The first kappa shape index (κ1) is 15.2. The number of methoxy groups -OCH3 is 1. The Morgan fingerprint density at radius 1 is 1.20 bits per heavy atom. The van der Waals surface area contributed by atoms with Gasteiger partial charge in [0.25, 0.3) is 10.0 Å². The Balaban J connectivity index is 2.41. The van der Waals surface area contributed by atoms with Crippen molar-refractivity contribution in [1.82, 2.24) is 0 Å². The third-order valence-electron chi connectivity index (χ3n) is 2.53. The topological polar surface area (TPSA) is 55.4 Å². The number of para-hydroxylation sites is 2. The summed E-state index contributed by atoms with van der Waals surface area (Å²) in [6.07, 6.45) is 0. The monoisotopic (exact) mass is 375 g/mol. The summed E-state index contributed by atoms with van der Waals surface area (Å²) >= 11 is 9.21. The highest BCUT2D eigenvalue weighted by molar-refractivity contribution is 9.10. The standard InChI is InChI=1S/C13H11BrClNO3S/c1-19-12-5-3-2-4-11(12)16-20(17,18)13-7-6-9(14)8-10(13)15/h2-8,16H,1H3. The summed E-state index contributed by atoms with van der Waals surface area (Å²) in [5, 5.41) is 0.141. The molecule has 0 unspecified atom stereocenters. The Labute approximate surface area is 130 Å². The van der Waals surface area contributed by atoms with Crippen molar-refractivity contribution in [3.63, 3.8) is 0 Å². The second kappa shape index (κ2) is 6.03. The number of benzene rings is 2. The van der Waals surface area contributed by atoms with Gasteiger partial charge in [-0.25, -0.2) is 8.42 Å². The van der Waals surface area contributed by atoms with Crippen LogP contribution < -0.4 is 9.46 Å². The van der Waals surface area contributed by atoms with E-state index in [1.54, 1.807) is 30.3 Å². The van der Waals surface area contributed by atoms with E-state index in [1.165, 1.54) is 19.2 Å². The highest BCUT2D eigenvalue weighted by atomic mass is 79.9. The van der Waals surface area contributed by atoms with Crippen molar-refractivity contribution in [1.29, 1.82) is 0 Å². The van der Waals surface area contributed by atoms with Crippen molar-refractivity contribution in [3.05, 3.63) is 52.0 Å². The predicted molar refractivity (Wildman–Crippen MR) is 83.0 cm³/mol. The largest absolute Gasteiger partial charge is 0.495 e. The zero-order valence-electron chi connectivity index (χ0n) is 10.4. The minimum absolute atomic E-state index is 0.00766. The van der Waals surface area contributed by atoms with Crippen molar-refractivity contribution in [2.75, 3.05) is 11.8 Å². The average Bonchev–Trinajstić information content (AvgIpc) is 2.38. The molecule has 0 atom stereocenters. The number of anilines is 1. The SMILES string of the molecule is COc1ccccc1NS(=O)(=O)c1ccc(Br)cc1Cl. The van der Waals surface area contributed by atoms with E-state index in [-0.39, 0.29) is 9.92 Å². The Morgan fingerprint density at radius 3 is 2.55 bits per heavy atom. The first-order chi connectivity index (χ1) is 9.44.